The number of benzene rings is 3. The van der Waals surface area contributed by atoms with Crippen molar-refractivity contribution in [1.29, 1.82) is 0 Å². The van der Waals surface area contributed by atoms with Crippen molar-refractivity contribution in [3.8, 4) is 0 Å². The number of aromatic nitrogens is 3. The van der Waals surface area contributed by atoms with Gasteiger partial charge in [0.15, 0.2) is 0 Å². The van der Waals surface area contributed by atoms with E-state index in [2.05, 4.69) is 46.2 Å². The molecule has 2 N–H and O–H groups in total. The first-order chi connectivity index (χ1) is 20.8. The topological polar surface area (TPSA) is 105 Å². The molecule has 1 saturated heterocycles. The highest BCUT2D eigenvalue weighted by Gasteiger charge is 2.33. The zero-order valence-electron chi connectivity index (χ0n) is 24.1. The van der Waals surface area contributed by atoms with Crippen LogP contribution < -0.4 is 16.4 Å². The molecular formula is C32H35ClN8O2. The van der Waals surface area contributed by atoms with E-state index in [1.165, 1.54) is 14.8 Å². The molecule has 2 aliphatic rings. The lowest BCUT2D eigenvalue weighted by Gasteiger charge is -2.32. The Bertz CT molecular complexity index is 1660. The summed E-state index contributed by atoms with van der Waals surface area (Å²) in [5.74, 6) is -0.435. The summed E-state index contributed by atoms with van der Waals surface area (Å²) >= 11 is 6.16. The minimum Gasteiger partial charge on any atom is -0.368 e. The number of anilines is 1. The number of piperazine rings is 1. The lowest BCUT2D eigenvalue weighted by atomic mass is 9.91. The maximum absolute atomic E-state index is 13.5. The number of primary amides is 1. The summed E-state index contributed by atoms with van der Waals surface area (Å²) in [7, 11) is 2.15. The fraction of sp³-hybridized carbons (Fsp3) is 0.312. The molecule has 6 rings (SSSR count). The Labute approximate surface area is 255 Å². The number of amides is 1. The molecule has 3 aromatic carbocycles. The van der Waals surface area contributed by atoms with Crippen molar-refractivity contribution in [3.63, 3.8) is 0 Å². The number of carbonyl (C=O) groups excluding carboxylic acids is 1. The van der Waals surface area contributed by atoms with E-state index < -0.39 is 11.6 Å². The molecule has 1 amide bonds. The third-order valence-corrected chi connectivity index (χ3v) is 8.31. The molecule has 11 heteroatoms. The number of rotatable bonds is 9. The van der Waals surface area contributed by atoms with Crippen LogP contribution in [0.5, 0.6) is 0 Å². The number of carbonyl (C=O) groups is 1. The second kappa shape index (κ2) is 12.5. The third-order valence-electron chi connectivity index (χ3n) is 8.06. The molecule has 1 fully saturated rings. The van der Waals surface area contributed by atoms with Gasteiger partial charge in [-0.05, 0) is 41.4 Å². The number of likely N-dealkylation sites (N-methyl/N-ethyl adjacent to an activating group) is 1. The van der Waals surface area contributed by atoms with Gasteiger partial charge in [-0.2, -0.15) is 5.10 Å². The van der Waals surface area contributed by atoms with Crippen LogP contribution in [0.2, 0.25) is 5.02 Å². The molecule has 222 valence electrons. The number of hydrogen-bond donors (Lipinski definition) is 1. The van der Waals surface area contributed by atoms with Crippen molar-refractivity contribution in [3.05, 3.63) is 117 Å². The first-order valence-corrected chi connectivity index (χ1v) is 14.8. The lowest BCUT2D eigenvalue weighted by molar-refractivity contribution is -0.118. The molecule has 10 nitrogen and oxygen atoms in total. The monoisotopic (exact) mass is 598 g/mol. The van der Waals surface area contributed by atoms with Crippen LogP contribution in [0.15, 0.2) is 88.8 Å². The minimum atomic E-state index is -0.628. The van der Waals surface area contributed by atoms with Crippen molar-refractivity contribution in [2.75, 3.05) is 44.8 Å². The third kappa shape index (κ3) is 6.56. The molecule has 0 spiro atoms. The molecule has 0 unspecified atom stereocenters. The quantitative estimate of drug-likeness (QED) is 0.318. The highest BCUT2D eigenvalue weighted by molar-refractivity contribution is 6.30. The maximum atomic E-state index is 13.5. The van der Waals surface area contributed by atoms with Crippen molar-refractivity contribution in [2.24, 2.45) is 10.8 Å². The Morgan fingerprint density at radius 1 is 0.907 bits per heavy atom. The summed E-state index contributed by atoms with van der Waals surface area (Å²) in [6, 6.07) is 25.9. The summed E-state index contributed by atoms with van der Waals surface area (Å²) in [6.07, 6.45) is 0. The van der Waals surface area contributed by atoms with E-state index in [-0.39, 0.29) is 25.0 Å². The lowest BCUT2D eigenvalue weighted by Crippen LogP contribution is -2.43. The standard InChI is InChI=1S/C32H35ClN8O2/c1-37-15-17-38(18-16-37)19-23-7-9-24(10-8-23)20-41-32(43)39(22-29(34)42)31(36-41)40-21-28(25-5-3-2-4-6-25)30(35-40)26-11-13-27(33)14-12-26/h2-14,28H,15-22H2,1H3,(H2,34,42)/t28-/m1/s1. The SMILES string of the molecule is CN1CCN(Cc2ccc(Cn3nc(N4C[C@H](c5ccccc5)C(c5ccc(Cl)cc5)=N4)n(CC(N)=O)c3=O)cc2)CC1. The van der Waals surface area contributed by atoms with Crippen LogP contribution >= 0.6 is 11.6 Å². The fourth-order valence-corrected chi connectivity index (χ4v) is 5.79. The Hall–Kier alpha value is -4.25. The average Bonchev–Trinajstić information content (AvgIpc) is 3.58. The second-order valence-electron chi connectivity index (χ2n) is 11.2. The molecule has 3 heterocycles. The van der Waals surface area contributed by atoms with Crippen molar-refractivity contribution in [1.82, 2.24) is 24.1 Å². The molecule has 0 saturated carbocycles. The van der Waals surface area contributed by atoms with Crippen LogP contribution in [0.4, 0.5) is 5.95 Å². The largest absolute Gasteiger partial charge is 0.368 e. The Morgan fingerprint density at radius 2 is 1.56 bits per heavy atom. The van der Waals surface area contributed by atoms with Gasteiger partial charge in [-0.25, -0.2) is 14.5 Å². The van der Waals surface area contributed by atoms with Gasteiger partial charge in [-0.15, -0.1) is 5.10 Å². The zero-order valence-corrected chi connectivity index (χ0v) is 24.9. The van der Waals surface area contributed by atoms with Gasteiger partial charge in [0.25, 0.3) is 0 Å². The number of nitrogens with two attached hydrogens (primary N) is 1. The zero-order chi connectivity index (χ0) is 29.9. The summed E-state index contributed by atoms with van der Waals surface area (Å²) in [5, 5.41) is 11.9. The molecule has 43 heavy (non-hydrogen) atoms. The van der Waals surface area contributed by atoms with Gasteiger partial charge in [-0.3, -0.25) is 14.3 Å². The van der Waals surface area contributed by atoms with Crippen LogP contribution in [0.25, 0.3) is 0 Å². The average molecular weight is 599 g/mol. The smallest absolute Gasteiger partial charge is 0.348 e. The van der Waals surface area contributed by atoms with E-state index >= 15 is 0 Å². The Morgan fingerprint density at radius 3 is 2.21 bits per heavy atom. The van der Waals surface area contributed by atoms with Gasteiger partial charge >= 0.3 is 5.69 Å². The number of hydrazone groups is 1. The molecule has 0 aliphatic carbocycles. The van der Waals surface area contributed by atoms with Crippen LogP contribution in [-0.2, 0) is 24.4 Å². The van der Waals surface area contributed by atoms with E-state index in [0.29, 0.717) is 11.6 Å². The van der Waals surface area contributed by atoms with Gasteiger partial charge in [0.05, 0.1) is 18.8 Å². The van der Waals surface area contributed by atoms with E-state index in [1.54, 1.807) is 5.01 Å². The minimum absolute atomic E-state index is 0.0856. The van der Waals surface area contributed by atoms with Crippen LogP contribution in [0.3, 0.4) is 0 Å². The van der Waals surface area contributed by atoms with Gasteiger partial charge < -0.3 is 10.6 Å². The van der Waals surface area contributed by atoms with Gasteiger partial charge in [0.1, 0.15) is 6.54 Å². The van der Waals surface area contributed by atoms with Crippen molar-refractivity contribution in [2.45, 2.75) is 25.6 Å². The van der Waals surface area contributed by atoms with E-state index in [9.17, 15) is 9.59 Å². The Kier molecular flexibility index (Phi) is 8.42. The Balaban J connectivity index is 1.28. The molecule has 0 bridgehead atoms. The highest BCUT2D eigenvalue weighted by atomic mass is 35.5. The van der Waals surface area contributed by atoms with E-state index in [0.717, 1.165) is 55.1 Å². The number of hydrogen-bond acceptors (Lipinski definition) is 7. The summed E-state index contributed by atoms with van der Waals surface area (Å²) in [5.41, 5.74) is 10.1. The summed E-state index contributed by atoms with van der Waals surface area (Å²) < 4.78 is 2.68. The summed E-state index contributed by atoms with van der Waals surface area (Å²) in [4.78, 5) is 30.4. The van der Waals surface area contributed by atoms with Crippen LogP contribution in [0.1, 0.15) is 28.2 Å². The van der Waals surface area contributed by atoms with Crippen LogP contribution in [-0.4, -0.2) is 75.5 Å². The predicted molar refractivity (Wildman–Crippen MR) is 169 cm³/mol. The highest BCUT2D eigenvalue weighted by Crippen LogP contribution is 2.31. The second-order valence-corrected chi connectivity index (χ2v) is 11.7. The predicted octanol–water partition coefficient (Wildman–Crippen LogP) is 2.99. The van der Waals surface area contributed by atoms with E-state index in [4.69, 9.17) is 22.4 Å². The normalized spacial score (nSPS) is 17.8. The number of nitrogens with zero attached hydrogens (tertiary/aromatic N) is 7. The maximum Gasteiger partial charge on any atom is 0.348 e. The summed E-state index contributed by atoms with van der Waals surface area (Å²) in [6.45, 7) is 5.56. The molecule has 4 aromatic rings. The molecule has 0 radical (unpaired) electrons. The molecule has 1 atom stereocenters. The molecule has 2 aliphatic heterocycles. The van der Waals surface area contributed by atoms with Gasteiger partial charge in [0.2, 0.25) is 11.9 Å². The fourth-order valence-electron chi connectivity index (χ4n) is 5.66. The van der Waals surface area contributed by atoms with Crippen molar-refractivity contribution >= 4 is 29.2 Å². The first-order valence-electron chi connectivity index (χ1n) is 14.5. The molecular weight excluding hydrogens is 564 g/mol. The van der Waals surface area contributed by atoms with Crippen LogP contribution in [0, 0.1) is 0 Å². The first kappa shape index (κ1) is 28.9. The number of halogens is 1. The van der Waals surface area contributed by atoms with Gasteiger partial charge in [-0.1, -0.05) is 78.3 Å². The molecule has 1 aromatic heterocycles. The van der Waals surface area contributed by atoms with Crippen molar-refractivity contribution < 1.29 is 4.79 Å². The van der Waals surface area contributed by atoms with Gasteiger partial charge in [0, 0.05) is 43.7 Å². The van der Waals surface area contributed by atoms with E-state index in [1.807, 2.05) is 54.6 Å².